The fourth-order valence-electron chi connectivity index (χ4n) is 2.28. The topological polar surface area (TPSA) is 84.3 Å². The summed E-state index contributed by atoms with van der Waals surface area (Å²) in [4.78, 5) is 14.8. The van der Waals surface area contributed by atoms with Crippen LogP contribution in [0.4, 0.5) is 4.39 Å². The summed E-state index contributed by atoms with van der Waals surface area (Å²) in [7, 11) is 1.35. The number of nitrogens with zero attached hydrogens (tertiary/aromatic N) is 3. The molecule has 2 aromatic carbocycles. The molecule has 0 aromatic heterocycles. The van der Waals surface area contributed by atoms with E-state index in [0.717, 1.165) is 0 Å². The number of rotatable bonds is 6. The maximum absolute atomic E-state index is 13.6. The molecule has 0 radical (unpaired) electrons. The lowest BCUT2D eigenvalue weighted by molar-refractivity contribution is -0.112. The van der Waals surface area contributed by atoms with Gasteiger partial charge in [-0.15, -0.1) is 0 Å². The van der Waals surface area contributed by atoms with E-state index >= 15 is 0 Å². The number of carbonyl (C=O) groups is 1. The molecule has 0 fully saturated rings. The van der Waals surface area contributed by atoms with Gasteiger partial charge in [-0.1, -0.05) is 18.2 Å². The summed E-state index contributed by atoms with van der Waals surface area (Å²) >= 11 is 0. The molecule has 6 nitrogen and oxygen atoms in total. The molecular formula is C19H18FN3O3. The molecule has 26 heavy (non-hydrogen) atoms. The molecule has 134 valence electrons. The predicted octanol–water partition coefficient (Wildman–Crippen LogP) is 5.00. The summed E-state index contributed by atoms with van der Waals surface area (Å²) < 4.78 is 24.1. The lowest BCUT2D eigenvalue weighted by Crippen LogP contribution is -2.05. The van der Waals surface area contributed by atoms with Gasteiger partial charge in [0.25, 0.3) is 0 Å². The highest BCUT2D eigenvalue weighted by Gasteiger charge is 2.12. The van der Waals surface area contributed by atoms with E-state index in [0.29, 0.717) is 16.9 Å². The van der Waals surface area contributed by atoms with E-state index in [4.69, 9.17) is 15.0 Å². The summed E-state index contributed by atoms with van der Waals surface area (Å²) in [5.41, 5.74) is 9.83. The molecule has 0 bridgehead atoms. The number of methoxy groups -OCH3 is 1. The van der Waals surface area contributed by atoms with Gasteiger partial charge >= 0.3 is 0 Å². The molecule has 0 saturated heterocycles. The molecule has 2 aromatic rings. The van der Waals surface area contributed by atoms with Crippen LogP contribution >= 0.6 is 0 Å². The van der Waals surface area contributed by atoms with Gasteiger partial charge < -0.3 is 9.47 Å². The quantitative estimate of drug-likeness (QED) is 0.240. The van der Waals surface area contributed by atoms with Gasteiger partial charge in [-0.25, -0.2) is 4.39 Å². The van der Waals surface area contributed by atoms with Crippen LogP contribution in [0.25, 0.3) is 22.1 Å². The van der Waals surface area contributed by atoms with Crippen molar-refractivity contribution in [1.82, 2.24) is 0 Å². The van der Waals surface area contributed by atoms with Gasteiger partial charge in [0.2, 0.25) is 5.91 Å². The van der Waals surface area contributed by atoms with E-state index < -0.39 is 11.7 Å². The molecule has 0 aliphatic rings. The second-order valence-electron chi connectivity index (χ2n) is 5.64. The fourth-order valence-corrected chi connectivity index (χ4v) is 2.28. The van der Waals surface area contributed by atoms with Gasteiger partial charge in [-0.2, -0.15) is 0 Å². The predicted molar refractivity (Wildman–Crippen MR) is 97.2 cm³/mol. The lowest BCUT2D eigenvalue weighted by Gasteiger charge is -2.11. The van der Waals surface area contributed by atoms with Crippen molar-refractivity contribution in [3.05, 3.63) is 69.9 Å². The number of ether oxygens (including phenoxy) is 2. The average Bonchev–Trinajstić information content (AvgIpc) is 2.61. The third kappa shape index (κ3) is 4.84. The normalized spacial score (nSPS) is 11.0. The van der Waals surface area contributed by atoms with Gasteiger partial charge in [0, 0.05) is 10.5 Å². The minimum atomic E-state index is -0.742. The van der Waals surface area contributed by atoms with Crippen LogP contribution in [-0.2, 0) is 4.79 Å². The zero-order valence-corrected chi connectivity index (χ0v) is 14.6. The SMILES string of the molecule is COc1cc(/C=C(/C(=O)N=[N+]=[N-])c2ccc(OC(C)C)cc2)ccc1F. The van der Waals surface area contributed by atoms with Gasteiger partial charge in [-0.3, -0.25) is 4.79 Å². The number of hydrogen-bond donors (Lipinski definition) is 0. The molecule has 0 atom stereocenters. The maximum atomic E-state index is 13.6. The molecule has 0 heterocycles. The van der Waals surface area contributed by atoms with Crippen LogP contribution in [0.5, 0.6) is 11.5 Å². The van der Waals surface area contributed by atoms with Crippen LogP contribution < -0.4 is 9.47 Å². The summed E-state index contributed by atoms with van der Waals surface area (Å²) in [6.45, 7) is 3.82. The van der Waals surface area contributed by atoms with E-state index in [1.165, 1.54) is 31.4 Å². The van der Waals surface area contributed by atoms with Crippen molar-refractivity contribution in [3.63, 3.8) is 0 Å². The van der Waals surface area contributed by atoms with E-state index in [1.54, 1.807) is 24.3 Å². The number of azide groups is 1. The number of hydrogen-bond acceptors (Lipinski definition) is 3. The zero-order valence-electron chi connectivity index (χ0n) is 14.6. The first-order valence-electron chi connectivity index (χ1n) is 7.86. The van der Waals surface area contributed by atoms with Gasteiger partial charge in [0.05, 0.1) is 13.2 Å². The first-order chi connectivity index (χ1) is 12.4. The fraction of sp³-hybridized carbons (Fsp3) is 0.211. The van der Waals surface area contributed by atoms with Crippen molar-refractivity contribution < 1.29 is 18.7 Å². The molecule has 1 amide bonds. The molecule has 0 aliphatic heterocycles. The van der Waals surface area contributed by atoms with E-state index in [-0.39, 0.29) is 17.4 Å². The lowest BCUT2D eigenvalue weighted by atomic mass is 10.0. The van der Waals surface area contributed by atoms with E-state index in [1.807, 2.05) is 13.8 Å². The third-order valence-electron chi connectivity index (χ3n) is 3.39. The van der Waals surface area contributed by atoms with Crippen LogP contribution in [0, 0.1) is 5.82 Å². The second-order valence-corrected chi connectivity index (χ2v) is 5.64. The monoisotopic (exact) mass is 355 g/mol. The maximum Gasteiger partial charge on any atom is 0.249 e. The first-order valence-corrected chi connectivity index (χ1v) is 7.86. The second kappa shape index (κ2) is 8.69. The Morgan fingerprint density at radius 3 is 2.50 bits per heavy atom. The molecule has 0 saturated carbocycles. The van der Waals surface area contributed by atoms with Crippen LogP contribution in [0.1, 0.15) is 25.0 Å². The number of benzene rings is 2. The Kier molecular flexibility index (Phi) is 6.36. The molecule has 7 heteroatoms. The highest BCUT2D eigenvalue weighted by atomic mass is 19.1. The molecule has 0 N–H and O–H groups in total. The van der Waals surface area contributed by atoms with E-state index in [9.17, 15) is 9.18 Å². The smallest absolute Gasteiger partial charge is 0.249 e. The molecule has 0 unspecified atom stereocenters. The van der Waals surface area contributed by atoms with Gasteiger partial charge in [0.1, 0.15) is 5.75 Å². The number of amides is 1. The summed E-state index contributed by atoms with van der Waals surface area (Å²) in [5, 5.41) is 3.17. The Bertz CT molecular complexity index is 870. The standard InChI is InChI=1S/C19H18FN3O3/c1-12(2)26-15-7-5-14(6-8-15)16(19(24)22-23-21)10-13-4-9-17(20)18(11-13)25-3/h4-12H,1-3H3/b16-10+. The Balaban J connectivity index is 2.46. The summed E-state index contributed by atoms with van der Waals surface area (Å²) in [6.07, 6.45) is 1.53. The zero-order chi connectivity index (χ0) is 19.1. The van der Waals surface area contributed by atoms with Crippen molar-refractivity contribution >= 4 is 17.6 Å². The first kappa shape index (κ1) is 19.0. The number of carbonyl (C=O) groups excluding carboxylic acids is 1. The molecular weight excluding hydrogens is 337 g/mol. The van der Waals surface area contributed by atoms with Crippen molar-refractivity contribution in [2.24, 2.45) is 5.11 Å². The highest BCUT2D eigenvalue weighted by molar-refractivity contribution is 6.24. The van der Waals surface area contributed by atoms with Crippen LogP contribution in [-0.4, -0.2) is 19.1 Å². The Hall–Kier alpha value is -3.31. The largest absolute Gasteiger partial charge is 0.494 e. The van der Waals surface area contributed by atoms with Crippen LogP contribution in [0.2, 0.25) is 0 Å². The van der Waals surface area contributed by atoms with Gasteiger partial charge in [0.15, 0.2) is 11.6 Å². The highest BCUT2D eigenvalue weighted by Crippen LogP contribution is 2.25. The molecule has 0 spiro atoms. The summed E-state index contributed by atoms with van der Waals surface area (Å²) in [5.74, 6) is -0.547. The molecule has 2 rings (SSSR count). The average molecular weight is 355 g/mol. The van der Waals surface area contributed by atoms with Crippen molar-refractivity contribution in [2.75, 3.05) is 7.11 Å². The third-order valence-corrected chi connectivity index (χ3v) is 3.39. The Morgan fingerprint density at radius 2 is 1.92 bits per heavy atom. The van der Waals surface area contributed by atoms with Crippen LogP contribution in [0.15, 0.2) is 47.6 Å². The van der Waals surface area contributed by atoms with Crippen molar-refractivity contribution in [3.8, 4) is 11.5 Å². The Labute approximate surface area is 150 Å². The van der Waals surface area contributed by atoms with Gasteiger partial charge in [-0.05, 0) is 66.0 Å². The number of halogens is 1. The molecule has 0 aliphatic carbocycles. The van der Waals surface area contributed by atoms with Crippen molar-refractivity contribution in [2.45, 2.75) is 20.0 Å². The van der Waals surface area contributed by atoms with E-state index in [2.05, 4.69) is 10.0 Å². The minimum absolute atomic E-state index is 0.0207. The van der Waals surface area contributed by atoms with Crippen molar-refractivity contribution in [1.29, 1.82) is 0 Å². The summed E-state index contributed by atoms with van der Waals surface area (Å²) in [6, 6.07) is 11.0. The van der Waals surface area contributed by atoms with Crippen LogP contribution in [0.3, 0.4) is 0 Å². The Morgan fingerprint density at radius 1 is 1.23 bits per heavy atom. The minimum Gasteiger partial charge on any atom is -0.494 e.